The van der Waals surface area contributed by atoms with Crippen LogP contribution in [-0.2, 0) is 10.3 Å². The summed E-state index contributed by atoms with van der Waals surface area (Å²) in [6.07, 6.45) is 1.63. The summed E-state index contributed by atoms with van der Waals surface area (Å²) in [6, 6.07) is 22.3. The van der Waals surface area contributed by atoms with E-state index in [4.69, 9.17) is 4.74 Å². The smallest absolute Gasteiger partial charge is 0.410 e. The van der Waals surface area contributed by atoms with E-state index in [9.17, 15) is 19.6 Å². The van der Waals surface area contributed by atoms with E-state index >= 15 is 0 Å². The number of rotatable bonds is 3. The average Bonchev–Trinajstić information content (AvgIpc) is 3.34. The Morgan fingerprint density at radius 3 is 2.20 bits per heavy atom. The van der Waals surface area contributed by atoms with Gasteiger partial charge in [-0.3, -0.25) is 0 Å². The third-order valence-electron chi connectivity index (χ3n) is 7.94. The van der Waals surface area contributed by atoms with Crippen LogP contribution in [0.4, 0.5) is 9.18 Å². The Labute approximate surface area is 203 Å². The molecule has 1 N–H and O–H groups in total. The van der Waals surface area contributed by atoms with E-state index in [2.05, 4.69) is 24.3 Å². The first-order valence-corrected chi connectivity index (χ1v) is 12.0. The summed E-state index contributed by atoms with van der Waals surface area (Å²) in [5.41, 5.74) is 3.51. The molecule has 2 fully saturated rings. The summed E-state index contributed by atoms with van der Waals surface area (Å²) in [4.78, 5) is 15.0. The van der Waals surface area contributed by atoms with Crippen molar-refractivity contribution in [2.75, 3.05) is 6.61 Å². The highest BCUT2D eigenvalue weighted by Crippen LogP contribution is 2.48. The van der Waals surface area contributed by atoms with Crippen LogP contribution in [0.25, 0.3) is 11.1 Å². The average molecular weight is 469 g/mol. The van der Waals surface area contributed by atoms with Gasteiger partial charge in [0.05, 0.1) is 11.2 Å². The number of aliphatic hydroxyl groups is 1. The summed E-state index contributed by atoms with van der Waals surface area (Å²) in [7, 11) is 0. The van der Waals surface area contributed by atoms with E-state index in [0.717, 1.165) is 24.0 Å². The second kappa shape index (κ2) is 8.21. The van der Waals surface area contributed by atoms with Crippen molar-refractivity contribution >= 4 is 6.09 Å². The zero-order valence-corrected chi connectivity index (χ0v) is 19.2. The molecule has 0 spiro atoms. The third-order valence-corrected chi connectivity index (χ3v) is 7.94. The predicted molar refractivity (Wildman–Crippen MR) is 128 cm³/mol. The molecule has 2 saturated heterocycles. The molecule has 35 heavy (non-hydrogen) atoms. The van der Waals surface area contributed by atoms with Crippen molar-refractivity contribution in [2.24, 2.45) is 0 Å². The van der Waals surface area contributed by atoms with Crippen LogP contribution < -0.4 is 0 Å². The van der Waals surface area contributed by atoms with Gasteiger partial charge < -0.3 is 14.7 Å². The predicted octanol–water partition coefficient (Wildman–Crippen LogP) is 5.46. The second-order valence-electron chi connectivity index (χ2n) is 9.81. The van der Waals surface area contributed by atoms with Gasteiger partial charge in [0.25, 0.3) is 0 Å². The second-order valence-corrected chi connectivity index (χ2v) is 9.81. The van der Waals surface area contributed by atoms with Gasteiger partial charge in [-0.25, -0.2) is 9.18 Å². The molecular weight excluding hydrogens is 443 g/mol. The van der Waals surface area contributed by atoms with Gasteiger partial charge in [0, 0.05) is 36.4 Å². The van der Waals surface area contributed by atoms with Crippen molar-refractivity contribution in [1.82, 2.24) is 4.90 Å². The molecule has 3 aromatic carbocycles. The highest BCUT2D eigenvalue weighted by molar-refractivity contribution is 5.79. The van der Waals surface area contributed by atoms with Crippen LogP contribution in [0.2, 0.25) is 0 Å². The van der Waals surface area contributed by atoms with Gasteiger partial charge in [-0.05, 0) is 41.2 Å². The number of hydrogen-bond acceptors (Lipinski definition) is 4. The first-order valence-electron chi connectivity index (χ1n) is 12.0. The molecular formula is C29H25FN2O3. The number of piperidine rings is 1. The van der Waals surface area contributed by atoms with Crippen molar-refractivity contribution in [3.8, 4) is 17.2 Å². The van der Waals surface area contributed by atoms with Crippen molar-refractivity contribution in [3.63, 3.8) is 0 Å². The molecule has 2 aliphatic heterocycles. The largest absolute Gasteiger partial charge is 0.448 e. The van der Waals surface area contributed by atoms with E-state index in [0.29, 0.717) is 5.56 Å². The van der Waals surface area contributed by atoms with Crippen molar-refractivity contribution in [3.05, 3.63) is 94.8 Å². The molecule has 1 amide bonds. The van der Waals surface area contributed by atoms with Crippen LogP contribution in [0.5, 0.6) is 0 Å². The Morgan fingerprint density at radius 2 is 1.60 bits per heavy atom. The van der Waals surface area contributed by atoms with E-state index in [1.54, 1.807) is 11.0 Å². The van der Waals surface area contributed by atoms with Gasteiger partial charge in [-0.2, -0.15) is 5.26 Å². The molecule has 176 valence electrons. The van der Waals surface area contributed by atoms with Crippen LogP contribution in [0.3, 0.4) is 0 Å². The minimum Gasteiger partial charge on any atom is -0.448 e. The van der Waals surface area contributed by atoms with Gasteiger partial charge in [-0.15, -0.1) is 0 Å². The Balaban J connectivity index is 1.20. The molecule has 2 unspecified atom stereocenters. The summed E-state index contributed by atoms with van der Waals surface area (Å²) in [6.45, 7) is 0.246. The van der Waals surface area contributed by atoms with E-state index in [1.807, 2.05) is 30.3 Å². The van der Waals surface area contributed by atoms with Gasteiger partial charge >= 0.3 is 6.09 Å². The van der Waals surface area contributed by atoms with E-state index in [1.165, 1.54) is 23.3 Å². The number of nitriles is 1. The molecule has 0 saturated carbocycles. The van der Waals surface area contributed by atoms with Gasteiger partial charge in [0.15, 0.2) is 0 Å². The standard InChI is InChI=1S/C29H25FN2O3/c30-27-11-5-10-26(24(27)16-31)29(34)14-18-12-13-19(15-29)32(18)28(33)35-17-25-22-8-3-1-6-20(22)21-7-2-4-9-23(21)25/h1-11,18-19,25,34H,12-15,17H2. The molecule has 6 rings (SSSR count). The fourth-order valence-corrected chi connectivity index (χ4v) is 6.44. The number of hydrogen-bond donors (Lipinski definition) is 1. The molecule has 3 aliphatic rings. The van der Waals surface area contributed by atoms with E-state index < -0.39 is 11.4 Å². The van der Waals surface area contributed by atoms with Crippen LogP contribution >= 0.6 is 0 Å². The Morgan fingerprint density at radius 1 is 1.00 bits per heavy atom. The van der Waals surface area contributed by atoms with E-state index in [-0.39, 0.29) is 49.1 Å². The maximum absolute atomic E-state index is 14.2. The summed E-state index contributed by atoms with van der Waals surface area (Å²) in [5.74, 6) is -0.652. The number of halogens is 1. The van der Waals surface area contributed by atoms with Crippen LogP contribution in [0.15, 0.2) is 66.7 Å². The maximum atomic E-state index is 14.2. The third kappa shape index (κ3) is 3.42. The first kappa shape index (κ1) is 21.8. The lowest BCUT2D eigenvalue weighted by atomic mass is 9.78. The molecule has 0 radical (unpaired) electrons. The monoisotopic (exact) mass is 468 g/mol. The van der Waals surface area contributed by atoms with Crippen molar-refractivity contribution < 1.29 is 19.0 Å². The Hall–Kier alpha value is -3.69. The minimum absolute atomic E-state index is 0.0174. The number of ether oxygens (including phenoxy) is 1. The van der Waals surface area contributed by atoms with Gasteiger partial charge in [0.1, 0.15) is 18.5 Å². The van der Waals surface area contributed by atoms with Crippen molar-refractivity contribution in [2.45, 2.75) is 49.3 Å². The molecule has 2 bridgehead atoms. The summed E-state index contributed by atoms with van der Waals surface area (Å²) in [5, 5.41) is 20.9. The van der Waals surface area contributed by atoms with Crippen LogP contribution in [-0.4, -0.2) is 34.8 Å². The maximum Gasteiger partial charge on any atom is 0.410 e. The van der Waals surface area contributed by atoms with Crippen LogP contribution in [0.1, 0.15) is 53.9 Å². The first-order chi connectivity index (χ1) is 17.0. The van der Waals surface area contributed by atoms with Gasteiger partial charge in [0.2, 0.25) is 0 Å². The topological polar surface area (TPSA) is 73.6 Å². The minimum atomic E-state index is -1.35. The Kier molecular flexibility index (Phi) is 5.12. The summed E-state index contributed by atoms with van der Waals surface area (Å²) >= 11 is 0. The molecule has 5 nitrogen and oxygen atoms in total. The Bertz CT molecular complexity index is 1300. The highest BCUT2D eigenvalue weighted by atomic mass is 19.1. The molecule has 0 aromatic heterocycles. The number of nitrogens with zero attached hydrogens (tertiary/aromatic N) is 2. The molecule has 1 aliphatic carbocycles. The zero-order chi connectivity index (χ0) is 24.2. The van der Waals surface area contributed by atoms with Gasteiger partial charge in [-0.1, -0.05) is 60.7 Å². The van der Waals surface area contributed by atoms with Crippen LogP contribution in [0, 0.1) is 17.1 Å². The number of fused-ring (bicyclic) bond motifs is 5. The number of benzene rings is 3. The molecule has 2 heterocycles. The zero-order valence-electron chi connectivity index (χ0n) is 19.2. The van der Waals surface area contributed by atoms with Crippen molar-refractivity contribution in [1.29, 1.82) is 5.26 Å². The number of carbonyl (C=O) groups is 1. The number of carbonyl (C=O) groups excluding carboxylic acids is 1. The summed E-state index contributed by atoms with van der Waals surface area (Å²) < 4.78 is 20.1. The number of amides is 1. The lowest BCUT2D eigenvalue weighted by Crippen LogP contribution is -2.52. The molecule has 2 atom stereocenters. The molecule has 6 heteroatoms. The highest BCUT2D eigenvalue weighted by Gasteiger charge is 2.51. The SMILES string of the molecule is N#Cc1c(F)cccc1C1(O)CC2CCC(C1)N2C(=O)OCC1c2ccccc2-c2ccccc21. The molecule has 3 aromatic rings. The normalized spacial score (nSPS) is 24.5. The fraction of sp³-hybridized carbons (Fsp3) is 0.310. The quantitative estimate of drug-likeness (QED) is 0.554. The lowest BCUT2D eigenvalue weighted by Gasteiger charge is -2.43. The fourth-order valence-electron chi connectivity index (χ4n) is 6.44. The lowest BCUT2D eigenvalue weighted by molar-refractivity contribution is -0.0534.